The lowest BCUT2D eigenvalue weighted by atomic mass is 9.80. The van der Waals surface area contributed by atoms with Crippen LogP contribution >= 0.6 is 0 Å². The summed E-state index contributed by atoms with van der Waals surface area (Å²) in [7, 11) is 0. The van der Waals surface area contributed by atoms with Gasteiger partial charge in [-0.2, -0.15) is 0 Å². The summed E-state index contributed by atoms with van der Waals surface area (Å²) in [6.45, 7) is 185. The van der Waals surface area contributed by atoms with Crippen LogP contribution in [0.2, 0.25) is 0 Å². The minimum atomic E-state index is 0.831. The lowest BCUT2D eigenvalue weighted by molar-refractivity contribution is 0.235. The summed E-state index contributed by atoms with van der Waals surface area (Å²) in [6.07, 6.45) is 0. The summed E-state index contributed by atoms with van der Waals surface area (Å²) in [4.78, 5) is 0. The first-order chi connectivity index (χ1) is 58.9. The molecule has 820 valence electrons. The van der Waals surface area contributed by atoms with Crippen LogP contribution in [0.4, 0.5) is 0 Å². The molecule has 20 atom stereocenters. The predicted octanol–water partition coefficient (Wildman–Crippen LogP) is 47.4. The van der Waals surface area contributed by atoms with E-state index in [0.29, 0.717) is 0 Å². The van der Waals surface area contributed by atoms with Gasteiger partial charge in [0.25, 0.3) is 0 Å². The van der Waals surface area contributed by atoms with Gasteiger partial charge in [-0.15, -0.1) is 0 Å². The second kappa shape index (κ2) is 91.0. The van der Waals surface area contributed by atoms with E-state index in [4.69, 9.17) is 0 Å². The Morgan fingerprint density at radius 2 is 0.0606 bits per heavy atom. The molecule has 0 nitrogen and oxygen atoms in total. The van der Waals surface area contributed by atoms with Gasteiger partial charge in [-0.1, -0.05) is 554 Å². The summed E-state index contributed by atoms with van der Waals surface area (Å²) < 4.78 is 0. The van der Waals surface area contributed by atoms with Crippen molar-refractivity contribution < 1.29 is 0 Å². The lowest BCUT2D eigenvalue weighted by Crippen LogP contribution is -2.18. The van der Waals surface area contributed by atoms with Crippen molar-refractivity contribution in [2.45, 2.75) is 554 Å². The Hall–Kier alpha value is 0. The zero-order valence-electron chi connectivity index (χ0n) is 110. The molecule has 0 unspecified atom stereocenters. The molecule has 0 spiro atoms. The Balaban J connectivity index is -0.0000000947. The van der Waals surface area contributed by atoms with Gasteiger partial charge >= 0.3 is 0 Å². The predicted molar refractivity (Wildman–Crippen MR) is 635 cm³/mol. The molecule has 0 aromatic carbocycles. The van der Waals surface area contributed by atoms with Gasteiger partial charge in [0.05, 0.1) is 0 Å². The summed E-state index contributed by atoms with van der Waals surface area (Å²) in [5.74, 6) is 44.1. The molecule has 0 aliphatic heterocycles. The van der Waals surface area contributed by atoms with Crippen molar-refractivity contribution >= 4 is 0 Å². The van der Waals surface area contributed by atoms with Gasteiger partial charge in [0.15, 0.2) is 0 Å². The van der Waals surface area contributed by atoms with E-state index in [-0.39, 0.29) is 0 Å². The van der Waals surface area contributed by atoms with Crippen molar-refractivity contribution in [2.24, 2.45) is 308 Å². The van der Waals surface area contributed by atoms with Gasteiger partial charge in [0.2, 0.25) is 0 Å². The van der Waals surface area contributed by atoms with Crippen LogP contribution in [0.25, 0.3) is 0 Å². The Bertz CT molecular complexity index is 1590. The molecule has 0 heterocycles. The molecule has 0 amide bonds. The molecule has 0 rings (SSSR count). The van der Waals surface area contributed by atoms with E-state index in [1.807, 2.05) is 0 Å². The summed E-state index contributed by atoms with van der Waals surface area (Å²) in [6, 6.07) is 0. The van der Waals surface area contributed by atoms with Gasteiger partial charge in [-0.05, 0) is 308 Å². The zero-order valence-corrected chi connectivity index (χ0v) is 110. The second-order valence-corrected chi connectivity index (χ2v) is 55.5. The molecular formula is C132H292. The van der Waals surface area contributed by atoms with Crippen LogP contribution in [-0.4, -0.2) is 0 Å². The van der Waals surface area contributed by atoms with Crippen LogP contribution in [0.5, 0.6) is 0 Å². The van der Waals surface area contributed by atoms with Crippen LogP contribution in [0.3, 0.4) is 0 Å². The minimum Gasteiger partial charge on any atom is -0.0625 e. The highest BCUT2D eigenvalue weighted by Crippen LogP contribution is 2.35. The first kappa shape index (κ1) is 163. The maximum absolute atomic E-state index is 2.36. The molecule has 0 aromatic heterocycles. The largest absolute Gasteiger partial charge is 0.0625 e. The highest BCUT2D eigenvalue weighted by Gasteiger charge is 2.26. The van der Waals surface area contributed by atoms with Gasteiger partial charge in [0, 0.05) is 0 Å². The highest BCUT2D eigenvalue weighted by atomic mass is 14.3. The lowest BCUT2D eigenvalue weighted by Gasteiger charge is -2.26. The molecular weight excluding hydrogens is 1590 g/mol. The summed E-state index contributed by atoms with van der Waals surface area (Å²) in [5, 5.41) is 0. The van der Waals surface area contributed by atoms with E-state index < -0.39 is 0 Å². The SMILES string of the molecule is CC(C)C(C)C(C)C.CC(C)C(C)C(C)C.CC(C)C(C)C(C)C.CC(C)C(C)C(C)C.CC(C)[C@@H](C)[C@@H](C)C(C)C.CC(C)[C@@H](C)[C@@H](C)C(C)C.CC(C)[C@@H](C)[C@@H](C)C(C)C.CC(C)[C@@H](C)[C@@H](C)C(C)C.CC(C)[C@@H](C)[C@H](C)C(C)C.CC(C)[C@@H](C)[C@H](C)C(C)C.CC(C)[C@@H](C)[C@H](C)C(C)C.CC(C)[C@H](C)[C@@H](C)C(C)C.CC(C)[C@H](C)[C@@H](C)C(C)C.CC(C)[C@H](C)[C@@H](C)C(C)C. The average Bonchev–Trinajstić information content (AvgIpc) is 0.950. The quantitative estimate of drug-likeness (QED) is 0.0578. The maximum atomic E-state index is 2.36. The van der Waals surface area contributed by atoms with Crippen LogP contribution < -0.4 is 0 Å². The standard InChI is InChI=1S/10C10H22.4C8H18/c10*1-7(2)9(5)10(6)8(3)4;4*1-6(2)8(5)7(3)4/h10*7-10H,1-6H3;4*6-8H,1-5H3/t4*9-,10+;6*9-,10-;;;;/m....111000..../s1. The first-order valence-corrected chi connectivity index (χ1v) is 58.9. The molecule has 0 aliphatic rings. The van der Waals surface area contributed by atoms with E-state index in [9.17, 15) is 0 Å². The van der Waals surface area contributed by atoms with Crippen LogP contribution in [0.15, 0.2) is 0 Å². The Kier molecular flexibility index (Phi) is 112. The molecule has 132 heavy (non-hydrogen) atoms. The fraction of sp³-hybridized carbons (Fsp3) is 1.00. The summed E-state index contributed by atoms with van der Waals surface area (Å²) >= 11 is 0. The van der Waals surface area contributed by atoms with E-state index >= 15 is 0 Å². The van der Waals surface area contributed by atoms with Crippen molar-refractivity contribution in [1.82, 2.24) is 0 Å². The van der Waals surface area contributed by atoms with E-state index in [1.54, 1.807) is 0 Å². The molecule has 0 fully saturated rings. The molecule has 0 bridgehead atoms. The van der Waals surface area contributed by atoms with Crippen LogP contribution in [-0.2, 0) is 0 Å². The highest BCUT2D eigenvalue weighted by molar-refractivity contribution is 4.76. The van der Waals surface area contributed by atoms with Crippen molar-refractivity contribution in [3.05, 3.63) is 0 Å². The molecule has 0 saturated heterocycles. The number of rotatable bonds is 38. The van der Waals surface area contributed by atoms with Crippen LogP contribution in [0, 0.1) is 308 Å². The van der Waals surface area contributed by atoms with E-state index in [2.05, 4.69) is 554 Å². The molecule has 0 aromatic rings. The molecule has 0 saturated carbocycles. The van der Waals surface area contributed by atoms with E-state index in [0.717, 1.165) is 308 Å². The topological polar surface area (TPSA) is 0 Å². The smallest absolute Gasteiger partial charge is 0.0391 e. The first-order valence-electron chi connectivity index (χ1n) is 58.9. The minimum absolute atomic E-state index is 0.831. The number of hydrogen-bond donors (Lipinski definition) is 0. The van der Waals surface area contributed by atoms with E-state index in [1.165, 1.54) is 0 Å². The van der Waals surface area contributed by atoms with Crippen molar-refractivity contribution in [3.8, 4) is 0 Å². The number of hydrogen-bond acceptors (Lipinski definition) is 0. The Labute approximate surface area is 856 Å². The van der Waals surface area contributed by atoms with Crippen molar-refractivity contribution in [3.63, 3.8) is 0 Å². The van der Waals surface area contributed by atoms with Crippen molar-refractivity contribution in [1.29, 1.82) is 0 Å². The normalized spacial score (nSPS) is 16.5. The third-order valence-electron chi connectivity index (χ3n) is 37.7. The monoisotopic (exact) mass is 1880 g/mol. The molecule has 0 aliphatic carbocycles. The van der Waals surface area contributed by atoms with Gasteiger partial charge in [-0.25, -0.2) is 0 Å². The zero-order chi connectivity index (χ0) is 110. The average molecular weight is 1880 g/mol. The third kappa shape index (κ3) is 93.6. The summed E-state index contributed by atoms with van der Waals surface area (Å²) in [5.41, 5.74) is 0. The molecule has 0 N–H and O–H groups in total. The maximum Gasteiger partial charge on any atom is -0.0391 e. The fourth-order valence-corrected chi connectivity index (χ4v) is 15.2. The fourth-order valence-electron chi connectivity index (χ4n) is 15.2. The Morgan fingerprint density at radius 3 is 0.0682 bits per heavy atom. The Morgan fingerprint density at radius 1 is 0.0379 bits per heavy atom. The molecule has 0 radical (unpaired) electrons. The third-order valence-corrected chi connectivity index (χ3v) is 37.7. The second-order valence-electron chi connectivity index (χ2n) is 55.5. The molecule has 0 heteroatoms. The van der Waals surface area contributed by atoms with Gasteiger partial charge in [-0.3, -0.25) is 0 Å². The van der Waals surface area contributed by atoms with Crippen molar-refractivity contribution in [2.75, 3.05) is 0 Å². The van der Waals surface area contributed by atoms with Gasteiger partial charge < -0.3 is 0 Å². The van der Waals surface area contributed by atoms with Gasteiger partial charge in [0.1, 0.15) is 0 Å². The van der Waals surface area contributed by atoms with Crippen LogP contribution in [0.1, 0.15) is 554 Å².